The van der Waals surface area contributed by atoms with E-state index < -0.39 is 32.0 Å². The van der Waals surface area contributed by atoms with Crippen molar-refractivity contribution in [2.45, 2.75) is 37.1 Å². The molecule has 0 aromatic heterocycles. The summed E-state index contributed by atoms with van der Waals surface area (Å²) in [6.07, 6.45) is 2.93. The molecule has 13 heteroatoms. The second kappa shape index (κ2) is 12.3. The van der Waals surface area contributed by atoms with Crippen LogP contribution in [0.25, 0.3) is 0 Å². The molecule has 3 rings (SSSR count). The first-order chi connectivity index (χ1) is 17.5. The van der Waals surface area contributed by atoms with Crippen molar-refractivity contribution < 1.29 is 31.1 Å². The molecular weight excluding hydrogens is 542 g/mol. The van der Waals surface area contributed by atoms with E-state index in [4.69, 9.17) is 21.1 Å². The van der Waals surface area contributed by atoms with Crippen molar-refractivity contribution >= 4 is 43.2 Å². The van der Waals surface area contributed by atoms with Gasteiger partial charge in [0.2, 0.25) is 26.0 Å². The molecule has 0 spiro atoms. The van der Waals surface area contributed by atoms with Crippen molar-refractivity contribution in [1.29, 1.82) is 0 Å². The third-order valence-corrected chi connectivity index (χ3v) is 9.22. The van der Waals surface area contributed by atoms with Crippen molar-refractivity contribution in [3.8, 4) is 11.5 Å². The second-order valence-electron chi connectivity index (χ2n) is 8.52. The number of sulfonamides is 2. The Morgan fingerprint density at radius 1 is 1.11 bits per heavy atom. The summed E-state index contributed by atoms with van der Waals surface area (Å²) in [5.74, 6) is 0.202. The Bertz CT molecular complexity index is 1300. The van der Waals surface area contributed by atoms with Gasteiger partial charge in [-0.25, -0.2) is 16.8 Å². The number of hydrogen-bond donors (Lipinski definition) is 1. The lowest BCUT2D eigenvalue weighted by molar-refractivity contribution is -0.122. The fourth-order valence-electron chi connectivity index (χ4n) is 4.12. The summed E-state index contributed by atoms with van der Waals surface area (Å²) < 4.78 is 64.1. The molecule has 1 heterocycles. The molecule has 1 N–H and O–H groups in total. The lowest BCUT2D eigenvalue weighted by atomic mass is 10.2. The van der Waals surface area contributed by atoms with Crippen molar-refractivity contribution in [2.24, 2.45) is 0 Å². The number of nitrogens with zero attached hydrogens (tertiary/aromatic N) is 2. The highest BCUT2D eigenvalue weighted by Gasteiger charge is 2.33. The molecule has 0 radical (unpaired) electrons. The largest absolute Gasteiger partial charge is 0.495 e. The smallest absolute Gasteiger partial charge is 0.244 e. The summed E-state index contributed by atoms with van der Waals surface area (Å²) in [6.45, 7) is 2.96. The summed E-state index contributed by atoms with van der Waals surface area (Å²) in [5.41, 5.74) is 0.166. The van der Waals surface area contributed by atoms with E-state index in [1.165, 1.54) is 35.7 Å². The molecule has 37 heavy (non-hydrogen) atoms. The quantitative estimate of drug-likeness (QED) is 0.387. The van der Waals surface area contributed by atoms with Crippen LogP contribution in [0.1, 0.15) is 26.2 Å². The highest BCUT2D eigenvalue weighted by Crippen LogP contribution is 2.34. The Morgan fingerprint density at radius 3 is 2.32 bits per heavy atom. The number of amides is 1. The van der Waals surface area contributed by atoms with E-state index in [0.717, 1.165) is 23.4 Å². The molecule has 1 aliphatic rings. The molecule has 1 atom stereocenters. The molecule has 10 nitrogen and oxygen atoms in total. The lowest BCUT2D eigenvalue weighted by Gasteiger charge is -2.31. The predicted molar refractivity (Wildman–Crippen MR) is 142 cm³/mol. The third kappa shape index (κ3) is 7.07. The van der Waals surface area contributed by atoms with E-state index in [1.54, 1.807) is 25.1 Å². The van der Waals surface area contributed by atoms with Crippen molar-refractivity contribution in [3.05, 3.63) is 47.5 Å². The SMILES string of the molecule is CCC(C(=O)NCCOc1ccc(S(=O)(=O)N2CCCC2)cc1)N(c1cc(Cl)ccc1OC)S(C)(=O)=O. The maximum Gasteiger partial charge on any atom is 0.244 e. The van der Waals surface area contributed by atoms with Crippen molar-refractivity contribution in [2.75, 3.05) is 43.9 Å². The molecule has 1 aliphatic heterocycles. The molecule has 0 aliphatic carbocycles. The molecule has 2 aromatic rings. The number of ether oxygens (including phenoxy) is 2. The van der Waals surface area contributed by atoms with Crippen LogP contribution in [0.2, 0.25) is 5.02 Å². The van der Waals surface area contributed by atoms with Gasteiger partial charge in [0, 0.05) is 18.1 Å². The molecule has 2 aromatic carbocycles. The fourth-order valence-corrected chi connectivity index (χ4v) is 7.01. The molecule has 1 amide bonds. The average Bonchev–Trinajstić information content (AvgIpc) is 3.40. The Morgan fingerprint density at radius 2 is 1.76 bits per heavy atom. The van der Waals surface area contributed by atoms with E-state index in [9.17, 15) is 21.6 Å². The van der Waals surface area contributed by atoms with Crippen LogP contribution in [0.5, 0.6) is 11.5 Å². The molecule has 0 saturated carbocycles. The maximum absolute atomic E-state index is 13.0. The van der Waals surface area contributed by atoms with E-state index in [0.29, 0.717) is 23.9 Å². The summed E-state index contributed by atoms with van der Waals surface area (Å²) in [6, 6.07) is 9.62. The molecule has 1 fully saturated rings. The van der Waals surface area contributed by atoms with E-state index >= 15 is 0 Å². The van der Waals surface area contributed by atoms with Gasteiger partial charge in [-0.3, -0.25) is 9.10 Å². The van der Waals surface area contributed by atoms with Gasteiger partial charge in [0.05, 0.1) is 30.5 Å². The Labute approximate surface area is 223 Å². The Kier molecular flexibility index (Phi) is 9.68. The monoisotopic (exact) mass is 573 g/mol. The van der Waals surface area contributed by atoms with E-state index in [-0.39, 0.29) is 35.9 Å². The molecule has 1 unspecified atom stereocenters. The summed E-state index contributed by atoms with van der Waals surface area (Å²) in [5, 5.41) is 3.00. The number of rotatable bonds is 12. The van der Waals surface area contributed by atoms with Crippen molar-refractivity contribution in [3.63, 3.8) is 0 Å². The van der Waals surface area contributed by atoms with Gasteiger partial charge in [-0.2, -0.15) is 4.31 Å². The minimum absolute atomic E-state index is 0.0970. The number of nitrogens with one attached hydrogen (secondary N) is 1. The third-order valence-electron chi connectivity index (χ3n) is 5.90. The maximum atomic E-state index is 13.0. The van der Waals surface area contributed by atoms with Gasteiger partial charge in [0.25, 0.3) is 0 Å². The minimum Gasteiger partial charge on any atom is -0.495 e. The van der Waals surface area contributed by atoms with Crippen LogP contribution in [0.4, 0.5) is 5.69 Å². The van der Waals surface area contributed by atoms with Gasteiger partial charge in [0.1, 0.15) is 24.1 Å². The van der Waals surface area contributed by atoms with Crippen LogP contribution >= 0.6 is 11.6 Å². The molecule has 0 bridgehead atoms. The number of anilines is 1. The zero-order chi connectivity index (χ0) is 27.2. The number of carbonyl (C=O) groups is 1. The zero-order valence-corrected chi connectivity index (χ0v) is 23.4. The summed E-state index contributed by atoms with van der Waals surface area (Å²) in [4.78, 5) is 13.2. The van der Waals surface area contributed by atoms with Crippen LogP contribution in [0.15, 0.2) is 47.4 Å². The average molecular weight is 574 g/mol. The molecule has 204 valence electrons. The summed E-state index contributed by atoms with van der Waals surface area (Å²) in [7, 11) is -5.97. The predicted octanol–water partition coefficient (Wildman–Crippen LogP) is 2.87. The number of halogens is 1. The molecular formula is C24H32ClN3O7S2. The first-order valence-corrected chi connectivity index (χ1v) is 15.5. The zero-order valence-electron chi connectivity index (χ0n) is 21.0. The van der Waals surface area contributed by atoms with Crippen LogP contribution in [-0.4, -0.2) is 72.7 Å². The second-order valence-corrected chi connectivity index (χ2v) is 12.8. The number of benzene rings is 2. The highest BCUT2D eigenvalue weighted by atomic mass is 35.5. The van der Waals surface area contributed by atoms with Crippen LogP contribution in [0.3, 0.4) is 0 Å². The van der Waals surface area contributed by atoms with Crippen molar-refractivity contribution in [1.82, 2.24) is 9.62 Å². The van der Waals surface area contributed by atoms with Gasteiger partial charge in [0.15, 0.2) is 0 Å². The fraction of sp³-hybridized carbons (Fsp3) is 0.458. The number of hydrogen-bond acceptors (Lipinski definition) is 7. The van der Waals surface area contributed by atoms with Gasteiger partial charge < -0.3 is 14.8 Å². The standard InChI is InChI=1S/C24H32ClN3O7S2/c1-4-21(28(36(3,30)31)22-17-18(25)7-12-23(22)34-2)24(29)26-13-16-35-19-8-10-20(11-9-19)37(32,33)27-14-5-6-15-27/h7-12,17,21H,4-6,13-16H2,1-3H3,(H,26,29). The van der Waals surface area contributed by atoms with Gasteiger partial charge in [-0.15, -0.1) is 0 Å². The minimum atomic E-state index is -3.87. The number of methoxy groups -OCH3 is 1. The Balaban J connectivity index is 1.62. The first kappa shape index (κ1) is 29.0. The van der Waals surface area contributed by atoms with Crippen LogP contribution in [0, 0.1) is 0 Å². The Hall–Kier alpha value is -2.54. The van der Waals surface area contributed by atoms with Gasteiger partial charge in [-0.05, 0) is 61.7 Å². The van der Waals surface area contributed by atoms with Crippen LogP contribution < -0.4 is 19.1 Å². The highest BCUT2D eigenvalue weighted by molar-refractivity contribution is 7.92. The number of carbonyl (C=O) groups excluding carboxylic acids is 1. The van der Waals surface area contributed by atoms with Crippen LogP contribution in [-0.2, 0) is 24.8 Å². The lowest BCUT2D eigenvalue weighted by Crippen LogP contribution is -2.50. The van der Waals surface area contributed by atoms with Gasteiger partial charge in [-0.1, -0.05) is 18.5 Å². The topological polar surface area (TPSA) is 122 Å². The van der Waals surface area contributed by atoms with E-state index in [2.05, 4.69) is 5.32 Å². The van der Waals surface area contributed by atoms with Gasteiger partial charge >= 0.3 is 0 Å². The normalized spacial score (nSPS) is 15.2. The first-order valence-electron chi connectivity index (χ1n) is 11.8. The van der Waals surface area contributed by atoms with E-state index in [1.807, 2.05) is 0 Å². The summed E-state index contributed by atoms with van der Waals surface area (Å²) >= 11 is 6.09. The molecule has 1 saturated heterocycles.